The molecule has 14 heteroatoms. The minimum absolute atomic E-state index is 0.0337. The van der Waals surface area contributed by atoms with Crippen molar-refractivity contribution in [3.05, 3.63) is 72.4 Å². The van der Waals surface area contributed by atoms with Crippen molar-refractivity contribution in [2.75, 3.05) is 18.4 Å². The first kappa shape index (κ1) is 40.0. The molecular weight excluding hydrogens is 692 g/mol. The van der Waals surface area contributed by atoms with E-state index < -0.39 is 71.4 Å². The molecule has 2 saturated heterocycles. The fraction of sp³-hybridized carbons (Fsp3) is 0.500. The molecule has 5 amide bonds. The van der Waals surface area contributed by atoms with Crippen LogP contribution in [0.25, 0.3) is 10.9 Å². The molecule has 5 atom stereocenters. The molecule has 0 aliphatic carbocycles. The lowest BCUT2D eigenvalue weighted by molar-refractivity contribution is -0.142. The van der Waals surface area contributed by atoms with Gasteiger partial charge in [-0.3, -0.25) is 24.3 Å². The molecule has 290 valence electrons. The number of nitrogens with one attached hydrogen (secondary N) is 3. The van der Waals surface area contributed by atoms with Crippen LogP contribution in [0, 0.1) is 0 Å². The van der Waals surface area contributed by atoms with E-state index in [0.29, 0.717) is 18.5 Å². The number of anilines is 1. The lowest BCUT2D eigenvalue weighted by Crippen LogP contribution is -2.60. The summed E-state index contributed by atoms with van der Waals surface area (Å²) in [6.07, 6.45) is -0.0555. The van der Waals surface area contributed by atoms with Gasteiger partial charge in [0.1, 0.15) is 29.4 Å². The lowest BCUT2D eigenvalue weighted by Gasteiger charge is -2.41. The minimum atomic E-state index is -1.31. The van der Waals surface area contributed by atoms with Gasteiger partial charge in [0.05, 0.1) is 17.4 Å². The first-order valence-electron chi connectivity index (χ1n) is 18.4. The number of piperidine rings is 1. The van der Waals surface area contributed by atoms with Crippen LogP contribution < -0.4 is 16.0 Å². The van der Waals surface area contributed by atoms with E-state index in [9.17, 15) is 29.1 Å². The number of para-hydroxylation sites is 1. The molecule has 3 heterocycles. The van der Waals surface area contributed by atoms with Crippen molar-refractivity contribution < 1.29 is 38.6 Å². The standard InChI is InChI=1S/C40H52N6O8/c1-39(2,3)53-37(51)44-27-18-19-45(38(52)54-40(4,5)6)32(21-27)36(50)46-24-29(43-35(49)33(47)17-16-25-12-8-7-9-13-25)22-31(46)34(48)42-28-20-26-14-10-11-15-30(26)41-23-28/h7-15,20,23,27,29,31-33,47H,16-19,21-22,24H2,1-6H3,(H,42,48)(H,43,49)(H,44,51)/t27-,29-,31+,32+,33-/m1/s1. The Morgan fingerprint density at radius 2 is 1.52 bits per heavy atom. The second-order valence-electron chi connectivity index (χ2n) is 16.0. The summed E-state index contributed by atoms with van der Waals surface area (Å²) in [5.41, 5.74) is 0.544. The maximum Gasteiger partial charge on any atom is 0.410 e. The Morgan fingerprint density at radius 3 is 2.22 bits per heavy atom. The number of nitrogens with zero attached hydrogens (tertiary/aromatic N) is 3. The molecule has 5 rings (SSSR count). The van der Waals surface area contributed by atoms with Crippen molar-refractivity contribution in [1.82, 2.24) is 25.4 Å². The van der Waals surface area contributed by atoms with E-state index in [0.717, 1.165) is 16.5 Å². The first-order valence-corrected chi connectivity index (χ1v) is 18.4. The van der Waals surface area contributed by atoms with Crippen molar-refractivity contribution in [3.8, 4) is 0 Å². The molecule has 2 fully saturated rings. The lowest BCUT2D eigenvalue weighted by atomic mass is 9.96. The molecular formula is C40H52N6O8. The van der Waals surface area contributed by atoms with E-state index in [-0.39, 0.29) is 32.4 Å². The number of carbonyl (C=O) groups is 5. The zero-order chi connectivity index (χ0) is 39.2. The number of fused-ring (bicyclic) bond motifs is 1. The summed E-state index contributed by atoms with van der Waals surface area (Å²) < 4.78 is 11.1. The summed E-state index contributed by atoms with van der Waals surface area (Å²) in [5, 5.41) is 20.1. The van der Waals surface area contributed by atoms with E-state index in [1.807, 2.05) is 54.6 Å². The predicted octanol–water partition coefficient (Wildman–Crippen LogP) is 4.55. The topological polar surface area (TPSA) is 180 Å². The van der Waals surface area contributed by atoms with Gasteiger partial charge in [-0.1, -0.05) is 48.5 Å². The average molecular weight is 745 g/mol. The average Bonchev–Trinajstić information content (AvgIpc) is 3.53. The maximum atomic E-state index is 14.7. The number of likely N-dealkylation sites (tertiary alicyclic amines) is 2. The summed E-state index contributed by atoms with van der Waals surface area (Å²) in [6.45, 7) is 10.4. The van der Waals surface area contributed by atoms with Gasteiger partial charge in [0, 0.05) is 30.6 Å². The Labute approximate surface area is 315 Å². The number of aliphatic hydroxyl groups is 1. The molecule has 0 saturated carbocycles. The molecule has 0 unspecified atom stereocenters. The van der Waals surface area contributed by atoms with E-state index in [1.165, 1.54) is 16.0 Å². The molecule has 2 aliphatic heterocycles. The quantitative estimate of drug-likeness (QED) is 0.245. The number of pyridine rings is 1. The number of hydrogen-bond acceptors (Lipinski definition) is 9. The Bertz CT molecular complexity index is 1820. The van der Waals surface area contributed by atoms with Crippen molar-refractivity contribution in [1.29, 1.82) is 0 Å². The van der Waals surface area contributed by atoms with Crippen LogP contribution in [0.5, 0.6) is 0 Å². The fourth-order valence-electron chi connectivity index (χ4n) is 6.71. The highest BCUT2D eigenvalue weighted by Gasteiger charge is 2.47. The number of alkyl carbamates (subject to hydrolysis) is 1. The Kier molecular flexibility index (Phi) is 12.5. The summed E-state index contributed by atoms with van der Waals surface area (Å²) in [7, 11) is 0. The van der Waals surface area contributed by atoms with E-state index in [4.69, 9.17) is 9.47 Å². The molecule has 0 spiro atoms. The number of aryl methyl sites for hydroxylation is 1. The predicted molar refractivity (Wildman–Crippen MR) is 202 cm³/mol. The Hall–Kier alpha value is -5.24. The Balaban J connectivity index is 1.38. The molecule has 4 N–H and O–H groups in total. The first-order chi connectivity index (χ1) is 25.5. The molecule has 3 aromatic rings. The third-order valence-corrected chi connectivity index (χ3v) is 9.18. The van der Waals surface area contributed by atoms with Crippen molar-refractivity contribution in [3.63, 3.8) is 0 Å². The molecule has 14 nitrogen and oxygen atoms in total. The van der Waals surface area contributed by atoms with Gasteiger partial charge in [0.2, 0.25) is 17.7 Å². The fourth-order valence-corrected chi connectivity index (χ4v) is 6.71. The van der Waals surface area contributed by atoms with Crippen LogP contribution in [0.2, 0.25) is 0 Å². The zero-order valence-corrected chi connectivity index (χ0v) is 31.8. The zero-order valence-electron chi connectivity index (χ0n) is 31.8. The van der Waals surface area contributed by atoms with Crippen LogP contribution in [0.3, 0.4) is 0 Å². The number of rotatable bonds is 9. The number of carbonyl (C=O) groups excluding carboxylic acids is 5. The van der Waals surface area contributed by atoms with Crippen LogP contribution in [0.1, 0.15) is 72.8 Å². The van der Waals surface area contributed by atoms with E-state index in [1.54, 1.807) is 47.6 Å². The highest BCUT2D eigenvalue weighted by Crippen LogP contribution is 2.28. The second kappa shape index (κ2) is 16.8. The van der Waals surface area contributed by atoms with Gasteiger partial charge in [-0.15, -0.1) is 0 Å². The summed E-state index contributed by atoms with van der Waals surface area (Å²) in [6, 6.07) is 15.3. The van der Waals surface area contributed by atoms with Crippen LogP contribution in [0.4, 0.5) is 15.3 Å². The van der Waals surface area contributed by atoms with Crippen LogP contribution in [-0.4, -0.2) is 104 Å². The van der Waals surface area contributed by atoms with Crippen molar-refractivity contribution >= 4 is 46.5 Å². The van der Waals surface area contributed by atoms with Crippen LogP contribution in [-0.2, 0) is 30.3 Å². The van der Waals surface area contributed by atoms with E-state index >= 15 is 0 Å². The maximum absolute atomic E-state index is 14.7. The summed E-state index contributed by atoms with van der Waals surface area (Å²) in [5.74, 6) is -1.67. The number of benzene rings is 2. The monoisotopic (exact) mass is 744 g/mol. The Morgan fingerprint density at radius 1 is 0.852 bits per heavy atom. The number of aromatic nitrogens is 1. The summed E-state index contributed by atoms with van der Waals surface area (Å²) in [4.78, 5) is 75.3. The highest BCUT2D eigenvalue weighted by molar-refractivity contribution is 6.00. The smallest absolute Gasteiger partial charge is 0.410 e. The number of hydrogen-bond donors (Lipinski definition) is 4. The molecule has 1 aromatic heterocycles. The van der Waals surface area contributed by atoms with Gasteiger partial charge in [0.15, 0.2) is 0 Å². The van der Waals surface area contributed by atoms with Gasteiger partial charge >= 0.3 is 12.2 Å². The number of amides is 5. The van der Waals surface area contributed by atoms with Crippen molar-refractivity contribution in [2.45, 2.75) is 115 Å². The van der Waals surface area contributed by atoms with E-state index in [2.05, 4.69) is 20.9 Å². The molecule has 0 bridgehead atoms. The van der Waals surface area contributed by atoms with Crippen LogP contribution >= 0.6 is 0 Å². The van der Waals surface area contributed by atoms with Gasteiger partial charge < -0.3 is 35.4 Å². The highest BCUT2D eigenvalue weighted by atomic mass is 16.6. The number of aliphatic hydroxyl groups excluding tert-OH is 1. The van der Waals surface area contributed by atoms with Crippen molar-refractivity contribution in [2.24, 2.45) is 0 Å². The molecule has 2 aliphatic rings. The molecule has 2 aromatic carbocycles. The number of ether oxygens (including phenoxy) is 2. The third kappa shape index (κ3) is 10.9. The third-order valence-electron chi connectivity index (χ3n) is 9.18. The molecule has 54 heavy (non-hydrogen) atoms. The SMILES string of the molecule is CC(C)(C)OC(=O)N[C@@H]1CCN(C(=O)OC(C)(C)C)[C@H](C(=O)N2C[C@H](NC(=O)[C@H](O)CCc3ccccc3)C[C@H]2C(=O)Nc2cnc3ccccc3c2)C1. The van der Waals surface area contributed by atoms with Gasteiger partial charge in [-0.25, -0.2) is 9.59 Å². The van der Waals surface area contributed by atoms with Gasteiger partial charge in [0.25, 0.3) is 0 Å². The van der Waals surface area contributed by atoms with Gasteiger partial charge in [-0.05, 0) is 91.3 Å². The largest absolute Gasteiger partial charge is 0.444 e. The summed E-state index contributed by atoms with van der Waals surface area (Å²) >= 11 is 0. The molecule has 0 radical (unpaired) electrons. The van der Waals surface area contributed by atoms with Crippen LogP contribution in [0.15, 0.2) is 66.9 Å². The normalized spacial score (nSPS) is 20.9. The van der Waals surface area contributed by atoms with Gasteiger partial charge in [-0.2, -0.15) is 0 Å². The second-order valence-corrected chi connectivity index (χ2v) is 16.0. The minimum Gasteiger partial charge on any atom is -0.444 e.